The Kier molecular flexibility index (Phi) is 7.57. The number of rotatable bonds is 7. The third-order valence-electron chi connectivity index (χ3n) is 4.54. The molecule has 0 atom stereocenters. The number of carbonyl (C=O) groups excluding carboxylic acids is 1. The summed E-state index contributed by atoms with van der Waals surface area (Å²) in [6.45, 7) is 5.64. The number of hydrazine groups is 1. The van der Waals surface area contributed by atoms with Gasteiger partial charge in [-0.05, 0) is 30.1 Å². The molecule has 1 heterocycles. The van der Waals surface area contributed by atoms with Crippen LogP contribution in [0.2, 0.25) is 0 Å². The molecule has 7 heteroatoms. The first-order valence-electron chi connectivity index (χ1n) is 10.0. The van der Waals surface area contributed by atoms with Gasteiger partial charge < -0.3 is 5.32 Å². The molecule has 0 bridgehead atoms. The molecule has 0 saturated heterocycles. The Balaban J connectivity index is 1.73. The van der Waals surface area contributed by atoms with Crippen molar-refractivity contribution in [1.82, 2.24) is 25.9 Å². The molecule has 6 nitrogen and oxygen atoms in total. The molecule has 3 rings (SSSR count). The van der Waals surface area contributed by atoms with E-state index in [1.54, 1.807) is 10.9 Å². The van der Waals surface area contributed by atoms with Gasteiger partial charge in [0.25, 0.3) is 5.91 Å². The number of amides is 1. The van der Waals surface area contributed by atoms with Crippen LogP contribution in [0.25, 0.3) is 11.3 Å². The molecule has 0 spiro atoms. The maximum absolute atomic E-state index is 12.9. The normalized spacial score (nSPS) is 10.6. The molecule has 2 aromatic carbocycles. The summed E-state index contributed by atoms with van der Waals surface area (Å²) in [5, 5.41) is 8.15. The van der Waals surface area contributed by atoms with E-state index in [4.69, 9.17) is 12.2 Å². The van der Waals surface area contributed by atoms with Crippen LogP contribution < -0.4 is 16.2 Å². The summed E-state index contributed by atoms with van der Waals surface area (Å²) in [5.41, 5.74) is 8.56. The van der Waals surface area contributed by atoms with Crippen molar-refractivity contribution in [3.63, 3.8) is 0 Å². The summed E-state index contributed by atoms with van der Waals surface area (Å²) >= 11 is 5.23. The van der Waals surface area contributed by atoms with E-state index in [0.717, 1.165) is 24.1 Å². The van der Waals surface area contributed by atoms with Crippen molar-refractivity contribution in [3.8, 4) is 11.3 Å². The summed E-state index contributed by atoms with van der Waals surface area (Å²) in [6, 6.07) is 19.7. The molecule has 3 N–H and O–H groups in total. The van der Waals surface area contributed by atoms with Gasteiger partial charge in [-0.2, -0.15) is 5.10 Å². The maximum atomic E-state index is 12.9. The molecule has 0 aliphatic carbocycles. The largest absolute Gasteiger partial charge is 0.361 e. The van der Waals surface area contributed by atoms with Crippen molar-refractivity contribution in [2.45, 2.75) is 26.8 Å². The number of hydrogen-bond acceptors (Lipinski definition) is 3. The van der Waals surface area contributed by atoms with Crippen molar-refractivity contribution in [1.29, 1.82) is 0 Å². The highest BCUT2D eigenvalue weighted by atomic mass is 32.1. The van der Waals surface area contributed by atoms with E-state index in [9.17, 15) is 4.79 Å². The summed E-state index contributed by atoms with van der Waals surface area (Å²) in [6.07, 6.45) is 2.77. The summed E-state index contributed by atoms with van der Waals surface area (Å²) in [7, 11) is 0. The van der Waals surface area contributed by atoms with Gasteiger partial charge in [0.2, 0.25) is 0 Å². The molecule has 0 aliphatic heterocycles. The molecule has 156 valence electrons. The fourth-order valence-corrected chi connectivity index (χ4v) is 3.10. The monoisotopic (exact) mass is 421 g/mol. The van der Waals surface area contributed by atoms with Crippen LogP contribution in [0.3, 0.4) is 0 Å². The van der Waals surface area contributed by atoms with Crippen molar-refractivity contribution < 1.29 is 4.79 Å². The molecule has 3 aromatic rings. The zero-order valence-electron chi connectivity index (χ0n) is 17.3. The molecule has 0 radical (unpaired) electrons. The Morgan fingerprint density at radius 2 is 1.70 bits per heavy atom. The lowest BCUT2D eigenvalue weighted by Gasteiger charge is -2.12. The van der Waals surface area contributed by atoms with Gasteiger partial charge in [-0.25, -0.2) is 0 Å². The van der Waals surface area contributed by atoms with Gasteiger partial charge in [-0.3, -0.25) is 20.3 Å². The zero-order valence-corrected chi connectivity index (χ0v) is 18.1. The maximum Gasteiger partial charge on any atom is 0.273 e. The van der Waals surface area contributed by atoms with E-state index in [1.807, 2.05) is 60.7 Å². The Hall–Kier alpha value is -3.19. The number of hydrogen-bond donors (Lipinski definition) is 3. The van der Waals surface area contributed by atoms with E-state index >= 15 is 0 Å². The van der Waals surface area contributed by atoms with Crippen molar-refractivity contribution >= 4 is 23.2 Å². The number of nitrogens with one attached hydrogen (secondary N) is 3. The predicted octanol–water partition coefficient (Wildman–Crippen LogP) is 3.75. The van der Waals surface area contributed by atoms with Crippen molar-refractivity contribution in [3.05, 3.63) is 78.0 Å². The lowest BCUT2D eigenvalue weighted by Crippen LogP contribution is -2.47. The van der Waals surface area contributed by atoms with Gasteiger partial charge in [0.1, 0.15) is 5.69 Å². The average Bonchev–Trinajstić information content (AvgIpc) is 3.17. The fraction of sp³-hybridized carbons (Fsp3) is 0.261. The second kappa shape index (κ2) is 10.5. The van der Waals surface area contributed by atoms with E-state index in [2.05, 4.69) is 35.1 Å². The predicted molar refractivity (Wildman–Crippen MR) is 124 cm³/mol. The molecular formula is C23H27N5OS. The molecule has 0 unspecified atom stereocenters. The van der Waals surface area contributed by atoms with Crippen LogP contribution in [0.15, 0.2) is 66.9 Å². The van der Waals surface area contributed by atoms with Crippen LogP contribution in [0.1, 0.15) is 36.2 Å². The third-order valence-corrected chi connectivity index (χ3v) is 4.78. The molecule has 1 aromatic heterocycles. The topological polar surface area (TPSA) is 71.0 Å². The van der Waals surface area contributed by atoms with Crippen LogP contribution in [0.5, 0.6) is 0 Å². The lowest BCUT2D eigenvalue weighted by atomic mass is 10.1. The average molecular weight is 422 g/mol. The summed E-state index contributed by atoms with van der Waals surface area (Å²) in [5.74, 6) is 0.292. The van der Waals surface area contributed by atoms with Crippen molar-refractivity contribution in [2.75, 3.05) is 6.54 Å². The van der Waals surface area contributed by atoms with E-state index in [1.165, 1.54) is 0 Å². The van der Waals surface area contributed by atoms with Crippen molar-refractivity contribution in [2.24, 2.45) is 5.92 Å². The van der Waals surface area contributed by atoms with Gasteiger partial charge in [0.15, 0.2) is 5.11 Å². The number of aromatic nitrogens is 2. The Bertz CT molecular complexity index is 970. The molecule has 1 amide bonds. The second-order valence-corrected chi connectivity index (χ2v) is 7.87. The van der Waals surface area contributed by atoms with E-state index in [0.29, 0.717) is 28.8 Å². The Labute approximate surface area is 182 Å². The Morgan fingerprint density at radius 1 is 1.03 bits per heavy atom. The SMILES string of the molecule is CC(C)CCNC(=S)NNC(=O)c1cn(Cc2ccccc2)nc1-c1ccccc1. The van der Waals surface area contributed by atoms with Crippen LogP contribution in [0.4, 0.5) is 0 Å². The highest BCUT2D eigenvalue weighted by Gasteiger charge is 2.18. The van der Waals surface area contributed by atoms with Crippen LogP contribution in [-0.4, -0.2) is 27.3 Å². The minimum atomic E-state index is -0.291. The molecule has 0 saturated carbocycles. The number of nitrogens with zero attached hydrogens (tertiary/aromatic N) is 2. The van der Waals surface area contributed by atoms with Gasteiger partial charge >= 0.3 is 0 Å². The molecule has 30 heavy (non-hydrogen) atoms. The fourth-order valence-electron chi connectivity index (χ4n) is 2.95. The quantitative estimate of drug-likeness (QED) is 0.400. The van der Waals surface area contributed by atoms with Gasteiger partial charge in [-0.1, -0.05) is 74.5 Å². The van der Waals surface area contributed by atoms with Crippen LogP contribution in [-0.2, 0) is 6.54 Å². The van der Waals surface area contributed by atoms with Gasteiger partial charge in [0.05, 0.1) is 12.1 Å². The highest BCUT2D eigenvalue weighted by Crippen LogP contribution is 2.22. The minimum Gasteiger partial charge on any atom is -0.361 e. The first-order valence-corrected chi connectivity index (χ1v) is 10.4. The van der Waals surface area contributed by atoms with Crippen LogP contribution in [0, 0.1) is 5.92 Å². The minimum absolute atomic E-state index is 0.291. The van der Waals surface area contributed by atoms with Gasteiger partial charge in [-0.15, -0.1) is 0 Å². The van der Waals surface area contributed by atoms with Crippen LogP contribution >= 0.6 is 12.2 Å². The third kappa shape index (κ3) is 6.15. The Morgan fingerprint density at radius 3 is 2.37 bits per heavy atom. The number of carbonyl (C=O) groups is 1. The zero-order chi connectivity index (χ0) is 21.3. The lowest BCUT2D eigenvalue weighted by molar-refractivity contribution is 0.0944. The number of thiocarbonyl (C=S) groups is 1. The molecular weight excluding hydrogens is 394 g/mol. The summed E-state index contributed by atoms with van der Waals surface area (Å²) in [4.78, 5) is 12.9. The first kappa shape index (κ1) is 21.5. The smallest absolute Gasteiger partial charge is 0.273 e. The standard InChI is InChI=1S/C23H27N5OS/c1-17(2)13-14-24-23(30)26-25-22(29)20-16-28(15-18-9-5-3-6-10-18)27-21(20)19-11-7-4-8-12-19/h3-12,16-17H,13-15H2,1-2H3,(H,25,29)(H2,24,26,30). The highest BCUT2D eigenvalue weighted by molar-refractivity contribution is 7.80. The van der Waals surface area contributed by atoms with E-state index in [-0.39, 0.29) is 5.91 Å². The van der Waals surface area contributed by atoms with Gasteiger partial charge in [0, 0.05) is 18.3 Å². The number of benzene rings is 2. The first-order chi connectivity index (χ1) is 14.5. The summed E-state index contributed by atoms with van der Waals surface area (Å²) < 4.78 is 1.78. The molecule has 0 fully saturated rings. The van der Waals surface area contributed by atoms with E-state index < -0.39 is 0 Å². The molecule has 0 aliphatic rings. The second-order valence-electron chi connectivity index (χ2n) is 7.46.